The maximum Gasteiger partial charge on any atom is 0.163 e. The van der Waals surface area contributed by atoms with Gasteiger partial charge in [-0.05, 0) is 6.07 Å². The van der Waals surface area contributed by atoms with Crippen molar-refractivity contribution in [2.24, 2.45) is 12.9 Å². The first-order valence-corrected chi connectivity index (χ1v) is 5.02. The molecule has 0 saturated heterocycles. The van der Waals surface area contributed by atoms with Crippen LogP contribution in [0.5, 0.6) is 0 Å². The summed E-state index contributed by atoms with van der Waals surface area (Å²) < 4.78 is 28.3. The highest BCUT2D eigenvalue weighted by Gasteiger charge is 2.19. The average Bonchev–Trinajstić information content (AvgIpc) is 2.72. The van der Waals surface area contributed by atoms with Gasteiger partial charge in [-0.2, -0.15) is 5.10 Å². The Morgan fingerprint density at radius 1 is 1.41 bits per heavy atom. The average molecular weight is 238 g/mol. The molecule has 1 unspecified atom stereocenters. The van der Waals surface area contributed by atoms with Crippen molar-refractivity contribution in [1.29, 1.82) is 0 Å². The van der Waals surface area contributed by atoms with Gasteiger partial charge in [0.25, 0.3) is 0 Å². The van der Waals surface area contributed by atoms with Crippen molar-refractivity contribution in [1.82, 2.24) is 15.2 Å². The van der Waals surface area contributed by atoms with Gasteiger partial charge in [-0.15, -0.1) is 0 Å². The fraction of sp³-hybridized carbons (Fsp3) is 0.182. The van der Waals surface area contributed by atoms with Crippen LogP contribution in [0, 0.1) is 11.6 Å². The minimum absolute atomic E-state index is 0.153. The molecule has 17 heavy (non-hydrogen) atoms. The first kappa shape index (κ1) is 11.7. The summed E-state index contributed by atoms with van der Waals surface area (Å²) in [4.78, 5) is 0. The van der Waals surface area contributed by atoms with Crippen LogP contribution in [0.15, 0.2) is 30.6 Å². The molecule has 0 saturated carbocycles. The maximum absolute atomic E-state index is 13.6. The van der Waals surface area contributed by atoms with Crippen LogP contribution in [-0.2, 0) is 7.05 Å². The summed E-state index contributed by atoms with van der Waals surface area (Å²) in [5.74, 6) is 3.59. The minimum Gasteiger partial charge on any atom is -0.275 e. The lowest BCUT2D eigenvalue weighted by molar-refractivity contribution is 0.483. The zero-order chi connectivity index (χ0) is 12.4. The number of rotatable bonds is 3. The molecule has 2 rings (SSSR count). The fourth-order valence-corrected chi connectivity index (χ4v) is 1.70. The molecule has 0 aliphatic heterocycles. The third-order valence-corrected chi connectivity index (χ3v) is 2.52. The smallest absolute Gasteiger partial charge is 0.163 e. The van der Waals surface area contributed by atoms with Crippen LogP contribution >= 0.6 is 0 Å². The van der Waals surface area contributed by atoms with Gasteiger partial charge in [-0.25, -0.2) is 14.2 Å². The van der Waals surface area contributed by atoms with E-state index in [0.29, 0.717) is 5.56 Å². The minimum atomic E-state index is -0.903. The molecule has 0 aliphatic carbocycles. The van der Waals surface area contributed by atoms with Gasteiger partial charge < -0.3 is 0 Å². The molecule has 0 bridgehead atoms. The van der Waals surface area contributed by atoms with Gasteiger partial charge in [0, 0.05) is 24.4 Å². The van der Waals surface area contributed by atoms with E-state index in [-0.39, 0.29) is 5.56 Å². The first-order chi connectivity index (χ1) is 8.13. The van der Waals surface area contributed by atoms with Crippen LogP contribution in [0.4, 0.5) is 8.78 Å². The van der Waals surface area contributed by atoms with E-state index in [1.807, 2.05) is 0 Å². The highest BCUT2D eigenvalue weighted by molar-refractivity contribution is 5.30. The van der Waals surface area contributed by atoms with Gasteiger partial charge in [-0.1, -0.05) is 12.1 Å². The number of nitrogens with one attached hydrogen (secondary N) is 1. The van der Waals surface area contributed by atoms with Crippen LogP contribution in [0.3, 0.4) is 0 Å². The summed E-state index contributed by atoms with van der Waals surface area (Å²) in [6.45, 7) is 0. The number of hydrogen-bond donors (Lipinski definition) is 2. The van der Waals surface area contributed by atoms with E-state index in [1.54, 1.807) is 24.1 Å². The van der Waals surface area contributed by atoms with Crippen molar-refractivity contribution < 1.29 is 8.78 Å². The Labute approximate surface area is 97.0 Å². The topological polar surface area (TPSA) is 55.9 Å². The Kier molecular flexibility index (Phi) is 3.16. The molecule has 6 heteroatoms. The molecule has 1 atom stereocenters. The van der Waals surface area contributed by atoms with Gasteiger partial charge in [0.15, 0.2) is 11.6 Å². The highest BCUT2D eigenvalue weighted by Crippen LogP contribution is 2.24. The van der Waals surface area contributed by atoms with E-state index in [9.17, 15) is 8.78 Å². The lowest BCUT2D eigenvalue weighted by atomic mass is 10.0. The quantitative estimate of drug-likeness (QED) is 0.625. The molecule has 0 aliphatic rings. The Hall–Kier alpha value is -1.79. The SMILES string of the molecule is Cn1cc(C(NN)c2cccc(F)c2F)cn1. The molecule has 3 N–H and O–H groups in total. The van der Waals surface area contributed by atoms with E-state index in [4.69, 9.17) is 5.84 Å². The molecule has 0 amide bonds. The van der Waals surface area contributed by atoms with Gasteiger partial charge in [-0.3, -0.25) is 10.5 Å². The fourth-order valence-electron chi connectivity index (χ4n) is 1.70. The summed E-state index contributed by atoms with van der Waals surface area (Å²) >= 11 is 0. The Morgan fingerprint density at radius 3 is 2.76 bits per heavy atom. The lowest BCUT2D eigenvalue weighted by Gasteiger charge is -2.15. The predicted molar refractivity (Wildman–Crippen MR) is 58.7 cm³/mol. The summed E-state index contributed by atoms with van der Waals surface area (Å²) in [6, 6.07) is 3.36. The van der Waals surface area contributed by atoms with Gasteiger partial charge >= 0.3 is 0 Å². The zero-order valence-electron chi connectivity index (χ0n) is 9.19. The molecule has 90 valence electrons. The lowest BCUT2D eigenvalue weighted by Crippen LogP contribution is -2.29. The largest absolute Gasteiger partial charge is 0.275 e. The summed E-state index contributed by atoms with van der Waals surface area (Å²) in [5, 5.41) is 3.97. The molecule has 0 fully saturated rings. The van der Waals surface area contributed by atoms with Crippen LogP contribution in [-0.4, -0.2) is 9.78 Å². The molecule has 4 nitrogen and oxygen atoms in total. The number of aromatic nitrogens is 2. The first-order valence-electron chi connectivity index (χ1n) is 5.02. The normalized spacial score (nSPS) is 12.7. The number of nitrogens with zero attached hydrogens (tertiary/aromatic N) is 2. The van der Waals surface area contributed by atoms with E-state index in [1.165, 1.54) is 12.1 Å². The third-order valence-electron chi connectivity index (χ3n) is 2.52. The van der Waals surface area contributed by atoms with E-state index in [0.717, 1.165) is 6.07 Å². The van der Waals surface area contributed by atoms with Crippen molar-refractivity contribution >= 4 is 0 Å². The Bertz CT molecular complexity index is 524. The number of halogens is 2. The molecule has 0 spiro atoms. The molecule has 2 aromatic rings. The number of benzene rings is 1. The molecular formula is C11H12F2N4. The van der Waals surface area contributed by atoms with E-state index in [2.05, 4.69) is 10.5 Å². The monoisotopic (exact) mass is 238 g/mol. The summed E-state index contributed by atoms with van der Waals surface area (Å²) in [7, 11) is 1.74. The number of nitrogens with two attached hydrogens (primary N) is 1. The van der Waals surface area contributed by atoms with Crippen molar-refractivity contribution in [2.75, 3.05) is 0 Å². The van der Waals surface area contributed by atoms with Crippen LogP contribution in [0.1, 0.15) is 17.2 Å². The van der Waals surface area contributed by atoms with E-state index >= 15 is 0 Å². The second kappa shape index (κ2) is 4.60. The van der Waals surface area contributed by atoms with Gasteiger partial charge in [0.2, 0.25) is 0 Å². The highest BCUT2D eigenvalue weighted by atomic mass is 19.2. The van der Waals surface area contributed by atoms with Crippen LogP contribution < -0.4 is 11.3 Å². The molecular weight excluding hydrogens is 226 g/mol. The zero-order valence-corrected chi connectivity index (χ0v) is 9.19. The number of hydrogen-bond acceptors (Lipinski definition) is 3. The maximum atomic E-state index is 13.6. The van der Waals surface area contributed by atoms with Crippen LogP contribution in [0.2, 0.25) is 0 Å². The Morgan fingerprint density at radius 2 is 2.18 bits per heavy atom. The second-order valence-corrected chi connectivity index (χ2v) is 3.69. The Balaban J connectivity index is 2.45. The third kappa shape index (κ3) is 2.17. The molecule has 1 heterocycles. The molecule has 0 radical (unpaired) electrons. The summed E-state index contributed by atoms with van der Waals surface area (Å²) in [6.07, 6.45) is 3.24. The van der Waals surface area contributed by atoms with Crippen molar-refractivity contribution in [3.8, 4) is 0 Å². The number of aryl methyl sites for hydroxylation is 1. The van der Waals surface area contributed by atoms with Crippen molar-refractivity contribution in [3.05, 3.63) is 53.4 Å². The number of hydrazine groups is 1. The van der Waals surface area contributed by atoms with Crippen LogP contribution in [0.25, 0.3) is 0 Å². The predicted octanol–water partition coefficient (Wildman–Crippen LogP) is 1.25. The van der Waals surface area contributed by atoms with Gasteiger partial charge in [0.1, 0.15) is 0 Å². The standard InChI is InChI=1S/C11H12F2N4/c1-17-6-7(5-15-17)11(16-14)8-3-2-4-9(12)10(8)13/h2-6,11,16H,14H2,1H3. The van der Waals surface area contributed by atoms with Crippen molar-refractivity contribution in [3.63, 3.8) is 0 Å². The van der Waals surface area contributed by atoms with Crippen molar-refractivity contribution in [2.45, 2.75) is 6.04 Å². The summed E-state index contributed by atoms with van der Waals surface area (Å²) in [5.41, 5.74) is 3.28. The van der Waals surface area contributed by atoms with Gasteiger partial charge in [0.05, 0.1) is 12.2 Å². The molecule has 1 aromatic carbocycles. The second-order valence-electron chi connectivity index (χ2n) is 3.69. The molecule has 1 aromatic heterocycles. The van der Waals surface area contributed by atoms with E-state index < -0.39 is 17.7 Å².